The van der Waals surface area contributed by atoms with Gasteiger partial charge in [-0.15, -0.1) is 11.3 Å². The van der Waals surface area contributed by atoms with Gasteiger partial charge in [-0.2, -0.15) is 0 Å². The molecule has 32 heavy (non-hydrogen) atoms. The number of Topliss-reactive ketones (excluding diaryl/α,β-unsaturated/α-hetero) is 1. The second kappa shape index (κ2) is 8.58. The number of ether oxygens (including phenoxy) is 1. The van der Waals surface area contributed by atoms with E-state index < -0.39 is 0 Å². The van der Waals surface area contributed by atoms with Gasteiger partial charge in [-0.3, -0.25) is 9.69 Å². The normalized spacial score (nSPS) is 21.4. The summed E-state index contributed by atoms with van der Waals surface area (Å²) >= 11 is 1.78. The monoisotopic (exact) mass is 447 g/mol. The number of rotatable bonds is 5. The molecule has 2 aliphatic heterocycles. The minimum atomic E-state index is 0.0776. The van der Waals surface area contributed by atoms with Gasteiger partial charge in [0.2, 0.25) is 0 Å². The van der Waals surface area contributed by atoms with Crippen LogP contribution < -0.4 is 4.90 Å². The fraction of sp³-hybridized carbons (Fsp3) is 0.462. The number of benzene rings is 2. The van der Waals surface area contributed by atoms with Crippen LogP contribution in [-0.2, 0) is 24.1 Å². The third kappa shape index (κ3) is 3.74. The van der Waals surface area contributed by atoms with Gasteiger partial charge in [-0.05, 0) is 54.1 Å². The first-order valence-electron chi connectivity index (χ1n) is 11.8. The van der Waals surface area contributed by atoms with Gasteiger partial charge >= 0.3 is 0 Å². The first kappa shape index (κ1) is 20.3. The summed E-state index contributed by atoms with van der Waals surface area (Å²) in [5, 5.41) is 3.60. The van der Waals surface area contributed by atoms with Crippen molar-refractivity contribution < 1.29 is 9.53 Å². The number of hydrogen-bond acceptors (Lipinski definition) is 6. The number of nitrogens with zero attached hydrogens (tertiary/aromatic N) is 3. The van der Waals surface area contributed by atoms with Gasteiger partial charge in [0.1, 0.15) is 0 Å². The second-order valence-corrected chi connectivity index (χ2v) is 10.4. The number of carbonyl (C=O) groups excluding carboxylic acids is 1. The predicted molar refractivity (Wildman–Crippen MR) is 129 cm³/mol. The lowest BCUT2D eigenvalue weighted by Crippen LogP contribution is -2.38. The van der Waals surface area contributed by atoms with Gasteiger partial charge in [0, 0.05) is 48.7 Å². The molecule has 3 heterocycles. The minimum absolute atomic E-state index is 0.0776. The highest BCUT2D eigenvalue weighted by molar-refractivity contribution is 7.15. The summed E-state index contributed by atoms with van der Waals surface area (Å²) in [6, 6.07) is 10.8. The Morgan fingerprint density at radius 2 is 1.94 bits per heavy atom. The number of ketones is 1. The van der Waals surface area contributed by atoms with E-state index in [0.717, 1.165) is 87.7 Å². The molecule has 3 aromatic rings. The van der Waals surface area contributed by atoms with Crippen LogP contribution in [0.5, 0.6) is 0 Å². The zero-order valence-corrected chi connectivity index (χ0v) is 19.2. The Morgan fingerprint density at radius 3 is 2.81 bits per heavy atom. The summed E-state index contributed by atoms with van der Waals surface area (Å²) < 4.78 is 5.46. The Labute approximate surface area is 193 Å². The maximum Gasteiger partial charge on any atom is 0.185 e. The molecule has 2 fully saturated rings. The number of likely N-dealkylation sites (tertiary alicyclic amines) is 1. The van der Waals surface area contributed by atoms with Crippen LogP contribution in [0.1, 0.15) is 39.2 Å². The number of aryl methyl sites for hydroxylation is 2. The molecule has 0 unspecified atom stereocenters. The van der Waals surface area contributed by atoms with E-state index in [1.807, 2.05) is 6.20 Å². The molecule has 0 N–H and O–H groups in total. The van der Waals surface area contributed by atoms with Crippen molar-refractivity contribution in [2.45, 2.75) is 32.2 Å². The van der Waals surface area contributed by atoms with Gasteiger partial charge in [-0.25, -0.2) is 4.98 Å². The first-order chi connectivity index (χ1) is 15.8. The van der Waals surface area contributed by atoms with Crippen LogP contribution in [-0.4, -0.2) is 55.1 Å². The predicted octanol–water partition coefficient (Wildman–Crippen LogP) is 4.33. The quantitative estimate of drug-likeness (QED) is 0.545. The molecular weight excluding hydrogens is 418 g/mol. The maximum absolute atomic E-state index is 13.6. The number of anilines is 1. The van der Waals surface area contributed by atoms with Crippen LogP contribution in [0.2, 0.25) is 0 Å². The van der Waals surface area contributed by atoms with E-state index in [1.165, 1.54) is 21.4 Å². The Morgan fingerprint density at radius 1 is 1.09 bits per heavy atom. The highest BCUT2D eigenvalue weighted by Gasteiger charge is 2.29. The van der Waals surface area contributed by atoms with Crippen LogP contribution in [0.15, 0.2) is 36.5 Å². The van der Waals surface area contributed by atoms with Gasteiger partial charge in [-0.1, -0.05) is 30.3 Å². The first-order valence-corrected chi connectivity index (χ1v) is 12.7. The van der Waals surface area contributed by atoms with E-state index in [-0.39, 0.29) is 5.92 Å². The van der Waals surface area contributed by atoms with Crippen molar-refractivity contribution >= 4 is 33.0 Å². The van der Waals surface area contributed by atoms with E-state index in [4.69, 9.17) is 4.74 Å². The highest BCUT2D eigenvalue weighted by Crippen LogP contribution is 2.35. The minimum Gasteiger partial charge on any atom is -0.378 e. The number of hydrogen-bond donors (Lipinski definition) is 0. The average molecular weight is 448 g/mol. The molecular formula is C26H29N3O2S. The third-order valence-electron chi connectivity index (χ3n) is 7.22. The van der Waals surface area contributed by atoms with E-state index in [0.29, 0.717) is 5.78 Å². The zero-order chi connectivity index (χ0) is 21.5. The lowest BCUT2D eigenvalue weighted by molar-refractivity contribution is 0.0814. The van der Waals surface area contributed by atoms with E-state index in [9.17, 15) is 4.79 Å². The summed E-state index contributed by atoms with van der Waals surface area (Å²) in [4.78, 5) is 24.3. The summed E-state index contributed by atoms with van der Waals surface area (Å²) in [5.74, 6) is 0.400. The number of piperidine rings is 1. The van der Waals surface area contributed by atoms with Gasteiger partial charge < -0.3 is 9.64 Å². The van der Waals surface area contributed by atoms with Crippen LogP contribution in [0.25, 0.3) is 10.8 Å². The molecule has 1 aromatic heterocycles. The smallest absolute Gasteiger partial charge is 0.185 e. The van der Waals surface area contributed by atoms with Gasteiger partial charge in [0.05, 0.1) is 13.2 Å². The van der Waals surface area contributed by atoms with E-state index in [2.05, 4.69) is 45.1 Å². The van der Waals surface area contributed by atoms with Crippen LogP contribution in [0.3, 0.4) is 0 Å². The maximum atomic E-state index is 13.6. The number of carbonyl (C=O) groups is 1. The van der Waals surface area contributed by atoms with E-state index >= 15 is 0 Å². The van der Waals surface area contributed by atoms with Gasteiger partial charge in [0.15, 0.2) is 10.9 Å². The van der Waals surface area contributed by atoms with Crippen LogP contribution in [0, 0.1) is 5.92 Å². The van der Waals surface area contributed by atoms with Crippen molar-refractivity contribution in [3.05, 3.63) is 58.1 Å². The Bertz CT molecular complexity index is 1140. The fourth-order valence-corrected chi connectivity index (χ4v) is 6.59. The number of aromatic nitrogens is 1. The Kier molecular flexibility index (Phi) is 5.45. The second-order valence-electron chi connectivity index (χ2n) is 9.26. The van der Waals surface area contributed by atoms with Crippen molar-refractivity contribution in [1.29, 1.82) is 0 Å². The molecule has 1 aliphatic carbocycles. The Balaban J connectivity index is 1.17. The summed E-state index contributed by atoms with van der Waals surface area (Å²) in [7, 11) is 0. The summed E-state index contributed by atoms with van der Waals surface area (Å²) in [6.07, 6.45) is 6.28. The molecule has 0 radical (unpaired) electrons. The zero-order valence-electron chi connectivity index (χ0n) is 18.4. The summed E-state index contributed by atoms with van der Waals surface area (Å²) in [6.45, 7) is 6.17. The molecule has 5 nitrogen and oxygen atoms in total. The fourth-order valence-electron chi connectivity index (χ4n) is 5.59. The molecule has 2 saturated heterocycles. The average Bonchev–Trinajstić information content (AvgIpc) is 3.48. The van der Waals surface area contributed by atoms with E-state index in [1.54, 1.807) is 11.3 Å². The number of morpholine rings is 1. The van der Waals surface area contributed by atoms with Crippen molar-refractivity contribution in [3.8, 4) is 0 Å². The number of thiazole rings is 1. The molecule has 0 spiro atoms. The molecule has 2 aromatic carbocycles. The highest BCUT2D eigenvalue weighted by atomic mass is 32.1. The van der Waals surface area contributed by atoms with Crippen molar-refractivity contribution in [2.24, 2.45) is 5.92 Å². The topological polar surface area (TPSA) is 45.7 Å². The molecule has 0 bridgehead atoms. The van der Waals surface area contributed by atoms with Crippen molar-refractivity contribution in [3.63, 3.8) is 0 Å². The molecule has 1 atom stereocenters. The molecule has 6 rings (SSSR count). The van der Waals surface area contributed by atoms with Crippen LogP contribution in [0.4, 0.5) is 5.13 Å². The lowest BCUT2D eigenvalue weighted by atomic mass is 9.87. The summed E-state index contributed by atoms with van der Waals surface area (Å²) in [5.41, 5.74) is 3.73. The van der Waals surface area contributed by atoms with Crippen molar-refractivity contribution in [1.82, 2.24) is 9.88 Å². The standard InChI is InChI=1S/C26H29N3O2S/c30-25(23-9-8-19-7-6-18-3-1-5-22(23)24(18)19)20-4-2-10-28(16-20)17-21-15-27-26(32-21)29-11-13-31-14-12-29/h1,3,5,8-9,15,20H,2,4,6-7,10-14,16-17H2/t20-/m1/s1. The van der Waals surface area contributed by atoms with Crippen LogP contribution >= 0.6 is 11.3 Å². The third-order valence-corrected chi connectivity index (χ3v) is 8.26. The lowest BCUT2D eigenvalue weighted by Gasteiger charge is -2.31. The molecule has 6 heteroatoms. The van der Waals surface area contributed by atoms with Crippen molar-refractivity contribution in [2.75, 3.05) is 44.3 Å². The molecule has 0 amide bonds. The van der Waals surface area contributed by atoms with Gasteiger partial charge in [0.25, 0.3) is 0 Å². The molecule has 3 aliphatic rings. The SMILES string of the molecule is O=C(c1ccc2c3c(cccc13)CC2)[C@@H]1CCCN(Cc2cnc(N3CCOCC3)s2)C1. The Hall–Kier alpha value is -2.28. The molecule has 166 valence electrons. The molecule has 0 saturated carbocycles. The largest absolute Gasteiger partial charge is 0.378 e.